The van der Waals surface area contributed by atoms with Gasteiger partial charge >= 0.3 is 0 Å². The van der Waals surface area contributed by atoms with Crippen molar-refractivity contribution in [1.29, 1.82) is 0 Å². The molecule has 1 heteroatoms. The molecule has 1 aliphatic carbocycles. The molecule has 0 radical (unpaired) electrons. The van der Waals surface area contributed by atoms with Crippen LogP contribution in [-0.4, -0.2) is 12.2 Å². The lowest BCUT2D eigenvalue weighted by atomic mass is 9.84. The van der Waals surface area contributed by atoms with Gasteiger partial charge in [-0.25, -0.2) is 0 Å². The van der Waals surface area contributed by atoms with Gasteiger partial charge in [0.15, 0.2) is 0 Å². The van der Waals surface area contributed by atoms with Gasteiger partial charge in [0.1, 0.15) is 0 Å². The number of ether oxygens (including phenoxy) is 1. The molecule has 0 aromatic rings. The molecule has 0 spiro atoms. The Labute approximate surface area is 81.2 Å². The summed E-state index contributed by atoms with van der Waals surface area (Å²) in [5.41, 5.74) is 0. The van der Waals surface area contributed by atoms with Crippen molar-refractivity contribution in [1.82, 2.24) is 0 Å². The highest BCUT2D eigenvalue weighted by atomic mass is 16.5. The second kappa shape index (κ2) is 4.28. The van der Waals surface area contributed by atoms with E-state index in [4.69, 9.17) is 4.74 Å². The molecule has 0 bridgehead atoms. The Morgan fingerprint density at radius 2 is 1.77 bits per heavy atom. The van der Waals surface area contributed by atoms with Gasteiger partial charge in [0.05, 0.1) is 12.2 Å². The molecular weight excluding hydrogens is 160 g/mol. The minimum Gasteiger partial charge on any atom is -0.371 e. The van der Waals surface area contributed by atoms with E-state index in [1.807, 2.05) is 6.08 Å². The summed E-state index contributed by atoms with van der Waals surface area (Å²) in [7, 11) is 0. The molecule has 0 N–H and O–H groups in total. The van der Waals surface area contributed by atoms with Crippen molar-refractivity contribution < 1.29 is 4.74 Å². The fourth-order valence-corrected chi connectivity index (χ4v) is 2.73. The fraction of sp³-hybridized carbons (Fsp3) is 0.833. The topological polar surface area (TPSA) is 9.23 Å². The minimum atomic E-state index is 0.341. The summed E-state index contributed by atoms with van der Waals surface area (Å²) in [5.74, 6) is 0.860. The highest BCUT2D eigenvalue weighted by Crippen LogP contribution is 2.34. The lowest BCUT2D eigenvalue weighted by Gasteiger charge is -2.30. The maximum Gasteiger partial charge on any atom is 0.0757 e. The van der Waals surface area contributed by atoms with E-state index in [-0.39, 0.29) is 0 Å². The van der Waals surface area contributed by atoms with E-state index >= 15 is 0 Å². The van der Waals surface area contributed by atoms with Crippen molar-refractivity contribution in [2.24, 2.45) is 5.92 Å². The van der Waals surface area contributed by atoms with Crippen LogP contribution in [0.4, 0.5) is 0 Å². The van der Waals surface area contributed by atoms with Gasteiger partial charge in [-0.15, -0.1) is 6.58 Å². The summed E-state index contributed by atoms with van der Waals surface area (Å²) in [6.45, 7) is 3.84. The van der Waals surface area contributed by atoms with Crippen LogP contribution in [0.25, 0.3) is 0 Å². The third-order valence-corrected chi connectivity index (χ3v) is 3.52. The van der Waals surface area contributed by atoms with E-state index in [0.29, 0.717) is 12.2 Å². The molecule has 3 atom stereocenters. The molecule has 0 aromatic carbocycles. The van der Waals surface area contributed by atoms with Crippen LogP contribution in [0.1, 0.15) is 44.9 Å². The zero-order valence-electron chi connectivity index (χ0n) is 8.37. The molecule has 0 aromatic heterocycles. The van der Waals surface area contributed by atoms with Gasteiger partial charge in [-0.1, -0.05) is 25.3 Å². The lowest BCUT2D eigenvalue weighted by Crippen LogP contribution is -2.28. The van der Waals surface area contributed by atoms with Gasteiger partial charge in [0, 0.05) is 0 Å². The number of rotatable bonds is 1. The summed E-state index contributed by atoms with van der Waals surface area (Å²) in [6.07, 6.45) is 12.3. The summed E-state index contributed by atoms with van der Waals surface area (Å²) in [5, 5.41) is 0. The quantitative estimate of drug-likeness (QED) is 0.563. The van der Waals surface area contributed by atoms with Gasteiger partial charge < -0.3 is 4.74 Å². The predicted molar refractivity (Wildman–Crippen MR) is 54.7 cm³/mol. The first kappa shape index (κ1) is 9.26. The normalized spacial score (nSPS) is 40.5. The second-order valence-corrected chi connectivity index (χ2v) is 4.42. The molecule has 2 fully saturated rings. The third kappa shape index (κ3) is 2.14. The fourth-order valence-electron chi connectivity index (χ4n) is 2.73. The molecule has 0 amide bonds. The Balaban J connectivity index is 1.98. The third-order valence-electron chi connectivity index (χ3n) is 3.52. The first-order valence-electron chi connectivity index (χ1n) is 5.68. The molecule has 1 saturated carbocycles. The van der Waals surface area contributed by atoms with E-state index in [0.717, 1.165) is 5.92 Å². The van der Waals surface area contributed by atoms with E-state index in [9.17, 15) is 0 Å². The maximum atomic E-state index is 6.05. The number of hydrogen-bond donors (Lipinski definition) is 0. The molecule has 2 rings (SSSR count). The van der Waals surface area contributed by atoms with Gasteiger partial charge in [-0.05, 0) is 31.6 Å². The van der Waals surface area contributed by atoms with Crippen molar-refractivity contribution in [3.05, 3.63) is 12.7 Å². The minimum absolute atomic E-state index is 0.341. The van der Waals surface area contributed by atoms with Gasteiger partial charge in [-0.2, -0.15) is 0 Å². The monoisotopic (exact) mass is 180 g/mol. The van der Waals surface area contributed by atoms with Crippen molar-refractivity contribution in [3.8, 4) is 0 Å². The lowest BCUT2D eigenvalue weighted by molar-refractivity contribution is -0.0287. The van der Waals surface area contributed by atoms with Crippen LogP contribution in [0.15, 0.2) is 12.7 Å². The Kier molecular flexibility index (Phi) is 3.05. The van der Waals surface area contributed by atoms with Crippen LogP contribution >= 0.6 is 0 Å². The van der Waals surface area contributed by atoms with Gasteiger partial charge in [0.25, 0.3) is 0 Å². The molecule has 1 aliphatic heterocycles. The van der Waals surface area contributed by atoms with Crippen LogP contribution in [-0.2, 0) is 4.74 Å². The molecular formula is C12H20O. The summed E-state index contributed by atoms with van der Waals surface area (Å²) in [6, 6.07) is 0. The van der Waals surface area contributed by atoms with Crippen molar-refractivity contribution in [2.75, 3.05) is 0 Å². The second-order valence-electron chi connectivity index (χ2n) is 4.42. The highest BCUT2D eigenvalue weighted by Gasteiger charge is 2.29. The number of fused-ring (bicyclic) bond motifs is 1. The first-order valence-corrected chi connectivity index (χ1v) is 5.68. The predicted octanol–water partition coefficient (Wildman–Crippen LogP) is 3.30. The van der Waals surface area contributed by atoms with Crippen LogP contribution in [0.5, 0.6) is 0 Å². The molecule has 1 heterocycles. The number of hydrogen-bond acceptors (Lipinski definition) is 1. The van der Waals surface area contributed by atoms with Crippen molar-refractivity contribution >= 4 is 0 Å². The molecule has 1 saturated heterocycles. The summed E-state index contributed by atoms with van der Waals surface area (Å²) >= 11 is 0. The average Bonchev–Trinajstić information content (AvgIpc) is 2.38. The van der Waals surface area contributed by atoms with Gasteiger partial charge in [-0.3, -0.25) is 0 Å². The molecule has 1 nitrogen and oxygen atoms in total. The van der Waals surface area contributed by atoms with Crippen molar-refractivity contribution in [2.45, 2.75) is 57.2 Å². The zero-order valence-corrected chi connectivity index (χ0v) is 8.37. The van der Waals surface area contributed by atoms with Crippen LogP contribution in [0.2, 0.25) is 0 Å². The zero-order chi connectivity index (χ0) is 9.10. The Hall–Kier alpha value is -0.300. The van der Waals surface area contributed by atoms with Crippen molar-refractivity contribution in [3.63, 3.8) is 0 Å². The van der Waals surface area contributed by atoms with E-state index in [1.54, 1.807) is 0 Å². The Bertz CT molecular complexity index is 176. The maximum absolute atomic E-state index is 6.05. The van der Waals surface area contributed by atoms with E-state index in [1.165, 1.54) is 44.9 Å². The smallest absolute Gasteiger partial charge is 0.0757 e. The summed E-state index contributed by atoms with van der Waals surface area (Å²) < 4.78 is 6.05. The van der Waals surface area contributed by atoms with Gasteiger partial charge in [0.2, 0.25) is 0 Å². The SMILES string of the molecule is C=C[C@@H]1CCC[C@H]2CCCC[C@H]2O1. The molecule has 2 aliphatic rings. The van der Waals surface area contributed by atoms with E-state index in [2.05, 4.69) is 6.58 Å². The van der Waals surface area contributed by atoms with Crippen LogP contribution < -0.4 is 0 Å². The average molecular weight is 180 g/mol. The largest absolute Gasteiger partial charge is 0.371 e. The molecule has 74 valence electrons. The Morgan fingerprint density at radius 3 is 2.62 bits per heavy atom. The highest BCUT2D eigenvalue weighted by molar-refractivity contribution is 4.87. The van der Waals surface area contributed by atoms with E-state index < -0.39 is 0 Å². The molecule has 13 heavy (non-hydrogen) atoms. The standard InChI is InChI=1S/C12H20O/c1-2-11-8-5-7-10-6-3-4-9-12(10)13-11/h2,10-12H,1,3-9H2/t10-,11-,12-/m1/s1. The summed E-state index contributed by atoms with van der Waals surface area (Å²) in [4.78, 5) is 0. The Morgan fingerprint density at radius 1 is 1.00 bits per heavy atom. The van der Waals surface area contributed by atoms with Crippen LogP contribution in [0, 0.1) is 5.92 Å². The van der Waals surface area contributed by atoms with Crippen LogP contribution in [0.3, 0.4) is 0 Å². The first-order chi connectivity index (χ1) is 6.40. The molecule has 0 unspecified atom stereocenters.